The van der Waals surface area contributed by atoms with Gasteiger partial charge in [0.1, 0.15) is 5.69 Å². The number of fused-ring (bicyclic) bond motifs is 1. The van der Waals surface area contributed by atoms with Crippen LogP contribution in [0.1, 0.15) is 28.0 Å². The molecule has 0 N–H and O–H groups in total. The summed E-state index contributed by atoms with van der Waals surface area (Å²) in [7, 11) is -1.38. The highest BCUT2D eigenvalue weighted by molar-refractivity contribution is 7.92. The number of hydrogen-bond donors (Lipinski definition) is 0. The summed E-state index contributed by atoms with van der Waals surface area (Å²) >= 11 is 6.25. The first-order valence-corrected chi connectivity index (χ1v) is 15.0. The van der Waals surface area contributed by atoms with Crippen LogP contribution in [0.5, 0.6) is 0 Å². The molecule has 0 saturated carbocycles. The third-order valence-corrected chi connectivity index (χ3v) is 9.48. The van der Waals surface area contributed by atoms with E-state index < -0.39 is 34.1 Å². The topological polar surface area (TPSA) is 111 Å². The van der Waals surface area contributed by atoms with Crippen LogP contribution in [0, 0.1) is 6.92 Å². The summed E-state index contributed by atoms with van der Waals surface area (Å²) in [6, 6.07) is 20.0. The Bertz CT molecular complexity index is 1850. The van der Waals surface area contributed by atoms with E-state index in [4.69, 9.17) is 16.3 Å². The Hall–Kier alpha value is -4.35. The van der Waals surface area contributed by atoms with Crippen LogP contribution in [0.3, 0.4) is 0 Å². The van der Waals surface area contributed by atoms with Gasteiger partial charge in [-0.3, -0.25) is 18.6 Å². The van der Waals surface area contributed by atoms with E-state index in [0.717, 1.165) is 34.5 Å². The van der Waals surface area contributed by atoms with E-state index in [2.05, 4.69) is 0 Å². The molecule has 3 aromatic carbocycles. The average molecular weight is 609 g/mol. The van der Waals surface area contributed by atoms with Crippen LogP contribution in [0.25, 0.3) is 5.69 Å². The molecule has 218 valence electrons. The summed E-state index contributed by atoms with van der Waals surface area (Å²) in [5.74, 6) is -1.34. The molecule has 5 rings (SSSR count). The monoisotopic (exact) mass is 608 g/mol. The molecule has 0 fully saturated rings. The lowest BCUT2D eigenvalue weighted by Gasteiger charge is -2.29. The molecule has 0 atom stereocenters. The minimum Gasteiger partial charge on any atom is -0.452 e. The molecule has 0 bridgehead atoms. The number of para-hydroxylation sites is 2. The number of anilines is 2. The lowest BCUT2D eigenvalue weighted by molar-refractivity contribution is -0.121. The second kappa shape index (κ2) is 11.5. The highest BCUT2D eigenvalue weighted by Crippen LogP contribution is 2.29. The number of hydrogen-bond acceptors (Lipinski definition) is 6. The summed E-state index contributed by atoms with van der Waals surface area (Å²) in [6.45, 7) is 1.60. The third kappa shape index (κ3) is 5.21. The van der Waals surface area contributed by atoms with E-state index in [1.54, 1.807) is 47.8 Å². The Balaban J connectivity index is 1.39. The molecule has 2 heterocycles. The molecule has 4 aromatic rings. The van der Waals surface area contributed by atoms with Gasteiger partial charge in [-0.05, 0) is 61.7 Å². The summed E-state index contributed by atoms with van der Waals surface area (Å²) < 4.78 is 36.5. The SMILES string of the molecule is Cc1c(N(C)S(=O)(=O)c2ccc(Cl)c(C(=O)OCC(=O)N3CCCc4ccccc43)c2)c(=O)n(-c2ccccc2)n1C. The van der Waals surface area contributed by atoms with Crippen molar-refractivity contribution in [3.8, 4) is 5.69 Å². The zero-order chi connectivity index (χ0) is 30.2. The molecule has 0 spiro atoms. The highest BCUT2D eigenvalue weighted by Gasteiger charge is 2.30. The number of aryl methyl sites for hydroxylation is 1. The number of halogens is 1. The molecule has 1 amide bonds. The largest absolute Gasteiger partial charge is 0.452 e. The zero-order valence-electron chi connectivity index (χ0n) is 23.3. The second-order valence-electron chi connectivity index (χ2n) is 9.88. The molecule has 12 heteroatoms. The third-order valence-electron chi connectivity index (χ3n) is 7.39. The number of carbonyl (C=O) groups is 2. The molecule has 0 radical (unpaired) electrons. The highest BCUT2D eigenvalue weighted by atomic mass is 35.5. The lowest BCUT2D eigenvalue weighted by Crippen LogP contribution is -2.38. The first kappa shape index (κ1) is 29.2. The number of ether oxygens (including phenoxy) is 1. The predicted molar refractivity (Wildman–Crippen MR) is 160 cm³/mol. The second-order valence-corrected chi connectivity index (χ2v) is 12.3. The van der Waals surface area contributed by atoms with Crippen molar-refractivity contribution in [2.24, 2.45) is 7.05 Å². The average Bonchev–Trinajstić information content (AvgIpc) is 3.22. The van der Waals surface area contributed by atoms with Gasteiger partial charge in [0.15, 0.2) is 6.61 Å². The molecular formula is C30H29ClN4O6S. The summed E-state index contributed by atoms with van der Waals surface area (Å²) in [4.78, 5) is 40.6. The van der Waals surface area contributed by atoms with Crippen LogP contribution in [0.2, 0.25) is 5.02 Å². The van der Waals surface area contributed by atoms with Gasteiger partial charge < -0.3 is 9.64 Å². The number of esters is 1. The Morgan fingerprint density at radius 2 is 1.71 bits per heavy atom. The van der Waals surface area contributed by atoms with E-state index in [9.17, 15) is 22.8 Å². The molecular weight excluding hydrogens is 580 g/mol. The number of benzene rings is 3. The van der Waals surface area contributed by atoms with Crippen molar-refractivity contribution in [2.75, 3.05) is 29.4 Å². The Morgan fingerprint density at radius 3 is 2.45 bits per heavy atom. The minimum absolute atomic E-state index is 0.0419. The first-order chi connectivity index (χ1) is 20.0. The van der Waals surface area contributed by atoms with Gasteiger partial charge in [0, 0.05) is 26.3 Å². The van der Waals surface area contributed by atoms with Crippen LogP contribution in [0.15, 0.2) is 82.5 Å². The number of carbonyl (C=O) groups excluding carboxylic acids is 2. The van der Waals surface area contributed by atoms with Crippen molar-refractivity contribution < 1.29 is 22.7 Å². The van der Waals surface area contributed by atoms with Gasteiger partial charge in [-0.2, -0.15) is 0 Å². The normalized spacial score (nSPS) is 13.0. The predicted octanol–water partition coefficient (Wildman–Crippen LogP) is 4.10. The van der Waals surface area contributed by atoms with Gasteiger partial charge in [0.2, 0.25) is 0 Å². The fourth-order valence-electron chi connectivity index (χ4n) is 5.09. The maximum atomic E-state index is 13.7. The zero-order valence-corrected chi connectivity index (χ0v) is 24.9. The molecule has 0 aliphatic carbocycles. The number of nitrogens with zero attached hydrogens (tertiary/aromatic N) is 4. The fourth-order valence-corrected chi connectivity index (χ4v) is 6.56. The van der Waals surface area contributed by atoms with Crippen molar-refractivity contribution in [1.29, 1.82) is 0 Å². The standard InChI is InChI=1S/C30H29ClN4O6S/c1-20-28(29(37)35(32(20)2)22-12-5-4-6-13-22)33(3)42(39,40)23-15-16-25(31)24(18-23)30(38)41-19-27(36)34-17-9-11-21-10-7-8-14-26(21)34/h4-8,10,12-16,18H,9,11,17,19H2,1-3H3. The number of aromatic nitrogens is 2. The van der Waals surface area contributed by atoms with Crippen molar-refractivity contribution in [2.45, 2.75) is 24.7 Å². The van der Waals surface area contributed by atoms with Crippen molar-refractivity contribution >= 4 is 44.9 Å². The fraction of sp³-hybridized carbons (Fsp3) is 0.233. The molecule has 1 aliphatic heterocycles. The summed E-state index contributed by atoms with van der Waals surface area (Å²) in [6.07, 6.45) is 1.64. The first-order valence-electron chi connectivity index (χ1n) is 13.2. The number of rotatable bonds is 7. The Kier molecular flexibility index (Phi) is 7.98. The van der Waals surface area contributed by atoms with Gasteiger partial charge in [0.25, 0.3) is 21.5 Å². The van der Waals surface area contributed by atoms with Crippen LogP contribution >= 0.6 is 11.6 Å². The maximum Gasteiger partial charge on any atom is 0.340 e. The lowest BCUT2D eigenvalue weighted by atomic mass is 10.0. The van der Waals surface area contributed by atoms with Crippen molar-refractivity contribution in [3.63, 3.8) is 0 Å². The number of amides is 1. The van der Waals surface area contributed by atoms with Gasteiger partial charge in [-0.1, -0.05) is 48.0 Å². The van der Waals surface area contributed by atoms with Crippen molar-refractivity contribution in [1.82, 2.24) is 9.36 Å². The summed E-state index contributed by atoms with van der Waals surface area (Å²) in [5, 5.41) is -0.0419. The minimum atomic E-state index is -4.31. The van der Waals surface area contributed by atoms with Gasteiger partial charge >= 0.3 is 5.97 Å². The van der Waals surface area contributed by atoms with Crippen molar-refractivity contribution in [3.05, 3.63) is 105 Å². The summed E-state index contributed by atoms with van der Waals surface area (Å²) in [5.41, 5.74) is 2.01. The molecule has 1 aliphatic rings. The van der Waals surface area contributed by atoms with Gasteiger partial charge in [-0.25, -0.2) is 17.9 Å². The van der Waals surface area contributed by atoms with Crippen LogP contribution < -0.4 is 14.8 Å². The van der Waals surface area contributed by atoms with Gasteiger partial charge in [0.05, 0.1) is 26.9 Å². The molecule has 0 unspecified atom stereocenters. The maximum absolute atomic E-state index is 13.7. The molecule has 10 nitrogen and oxygen atoms in total. The number of sulfonamides is 1. The van der Waals surface area contributed by atoms with Crippen LogP contribution in [-0.2, 0) is 33.0 Å². The van der Waals surface area contributed by atoms with E-state index in [-0.39, 0.29) is 21.2 Å². The molecule has 42 heavy (non-hydrogen) atoms. The Labute approximate surface area is 248 Å². The van der Waals surface area contributed by atoms with E-state index in [1.807, 2.05) is 30.3 Å². The van der Waals surface area contributed by atoms with E-state index in [1.165, 1.54) is 23.9 Å². The van der Waals surface area contributed by atoms with Crippen LogP contribution in [-0.4, -0.2) is 49.9 Å². The van der Waals surface area contributed by atoms with E-state index >= 15 is 0 Å². The van der Waals surface area contributed by atoms with E-state index in [0.29, 0.717) is 17.9 Å². The Morgan fingerprint density at radius 1 is 1.02 bits per heavy atom. The smallest absolute Gasteiger partial charge is 0.340 e. The molecule has 1 aromatic heterocycles. The van der Waals surface area contributed by atoms with Crippen LogP contribution in [0.4, 0.5) is 11.4 Å². The molecule has 0 saturated heterocycles. The quantitative estimate of drug-likeness (QED) is 0.292. The van der Waals surface area contributed by atoms with Gasteiger partial charge in [-0.15, -0.1) is 0 Å².